The number of aryl methyl sites for hydroxylation is 1. The topological polar surface area (TPSA) is 68.6 Å². The lowest BCUT2D eigenvalue weighted by Crippen LogP contribution is -2.07. The van der Waals surface area contributed by atoms with Crippen molar-refractivity contribution < 1.29 is 19.0 Å². The number of Topliss-reactive ketones (excluding diaryl/α,β-unsaturated/α-hetero) is 1. The molecule has 1 aliphatic rings. The molecule has 5 heteroatoms. The molecule has 0 aromatic heterocycles. The van der Waals surface area contributed by atoms with Crippen molar-refractivity contribution in [1.29, 1.82) is 5.26 Å². The van der Waals surface area contributed by atoms with Gasteiger partial charge in [0, 0.05) is 12.0 Å². The highest BCUT2D eigenvalue weighted by atomic mass is 16.7. The van der Waals surface area contributed by atoms with Crippen molar-refractivity contribution in [2.24, 2.45) is 0 Å². The number of ketones is 1. The zero-order valence-electron chi connectivity index (χ0n) is 13.5. The third-order valence-corrected chi connectivity index (χ3v) is 4.06. The van der Waals surface area contributed by atoms with Crippen LogP contribution in [-0.2, 0) is 0 Å². The van der Waals surface area contributed by atoms with Crippen LogP contribution in [0.1, 0.15) is 33.8 Å². The number of hydrogen-bond acceptors (Lipinski definition) is 5. The zero-order chi connectivity index (χ0) is 17.1. The van der Waals surface area contributed by atoms with Crippen LogP contribution in [0.15, 0.2) is 36.4 Å². The molecule has 1 heterocycles. The molecule has 0 radical (unpaired) electrons. The second-order valence-corrected chi connectivity index (χ2v) is 5.61. The van der Waals surface area contributed by atoms with Gasteiger partial charge in [-0.05, 0) is 48.4 Å². The maximum absolute atomic E-state index is 12.5. The van der Waals surface area contributed by atoms with Crippen molar-refractivity contribution >= 4 is 5.78 Å². The molecular weight excluding hydrogens is 306 g/mol. The molecule has 0 saturated heterocycles. The maximum atomic E-state index is 12.5. The van der Waals surface area contributed by atoms with Crippen LogP contribution in [0.4, 0.5) is 0 Å². The minimum atomic E-state index is -0.533. The Kier molecular flexibility index (Phi) is 4.39. The molecule has 0 amide bonds. The molecule has 2 aromatic carbocycles. The zero-order valence-corrected chi connectivity index (χ0v) is 13.5. The van der Waals surface area contributed by atoms with Gasteiger partial charge in [0.1, 0.15) is 5.75 Å². The van der Waals surface area contributed by atoms with E-state index in [1.54, 1.807) is 43.5 Å². The minimum absolute atomic E-state index is 0.0787. The van der Waals surface area contributed by atoms with Crippen LogP contribution in [0.2, 0.25) is 0 Å². The van der Waals surface area contributed by atoms with Gasteiger partial charge >= 0.3 is 0 Å². The van der Waals surface area contributed by atoms with Crippen LogP contribution < -0.4 is 14.2 Å². The number of methoxy groups -OCH3 is 1. The van der Waals surface area contributed by atoms with E-state index >= 15 is 0 Å². The predicted molar refractivity (Wildman–Crippen MR) is 87.6 cm³/mol. The molecule has 0 fully saturated rings. The van der Waals surface area contributed by atoms with E-state index in [1.165, 1.54) is 0 Å². The molecule has 0 bridgehead atoms. The maximum Gasteiger partial charge on any atom is 0.231 e. The van der Waals surface area contributed by atoms with Crippen molar-refractivity contribution in [1.82, 2.24) is 0 Å². The van der Waals surface area contributed by atoms with Crippen molar-refractivity contribution in [3.05, 3.63) is 53.1 Å². The number of nitriles is 1. The number of nitrogens with zero attached hydrogens (tertiary/aromatic N) is 1. The summed E-state index contributed by atoms with van der Waals surface area (Å²) in [4.78, 5) is 12.5. The van der Waals surface area contributed by atoms with E-state index in [9.17, 15) is 10.1 Å². The number of hydrogen-bond donors (Lipinski definition) is 0. The van der Waals surface area contributed by atoms with Gasteiger partial charge in [-0.15, -0.1) is 0 Å². The fraction of sp³-hybridized carbons (Fsp3) is 0.263. The fourth-order valence-electron chi connectivity index (χ4n) is 2.72. The molecule has 1 aliphatic heterocycles. The van der Waals surface area contributed by atoms with Gasteiger partial charge in [0.2, 0.25) is 6.79 Å². The number of rotatable bonds is 5. The van der Waals surface area contributed by atoms with E-state index in [1.807, 2.05) is 6.92 Å². The van der Waals surface area contributed by atoms with Crippen LogP contribution in [-0.4, -0.2) is 19.7 Å². The smallest absolute Gasteiger partial charge is 0.231 e. The van der Waals surface area contributed by atoms with Crippen molar-refractivity contribution in [3.63, 3.8) is 0 Å². The van der Waals surface area contributed by atoms with Gasteiger partial charge in [0.15, 0.2) is 17.3 Å². The minimum Gasteiger partial charge on any atom is -0.496 e. The average molecular weight is 323 g/mol. The Balaban J connectivity index is 1.79. The second-order valence-electron chi connectivity index (χ2n) is 5.61. The molecule has 1 unspecified atom stereocenters. The number of ether oxygens (including phenoxy) is 3. The summed E-state index contributed by atoms with van der Waals surface area (Å²) in [5, 5.41) is 9.47. The van der Waals surface area contributed by atoms with E-state index in [-0.39, 0.29) is 19.0 Å². The molecule has 5 nitrogen and oxygen atoms in total. The van der Waals surface area contributed by atoms with Crippen LogP contribution in [0, 0.1) is 18.3 Å². The highest BCUT2D eigenvalue weighted by Gasteiger charge is 2.21. The van der Waals surface area contributed by atoms with E-state index in [4.69, 9.17) is 14.2 Å². The summed E-state index contributed by atoms with van der Waals surface area (Å²) in [6, 6.07) is 12.8. The molecule has 0 spiro atoms. The number of carbonyl (C=O) groups excluding carboxylic acids is 1. The average Bonchev–Trinajstić information content (AvgIpc) is 3.07. The first-order valence-electron chi connectivity index (χ1n) is 7.59. The summed E-state index contributed by atoms with van der Waals surface area (Å²) in [5.41, 5.74) is 2.22. The molecule has 0 N–H and O–H groups in total. The molecule has 0 saturated carbocycles. The summed E-state index contributed by atoms with van der Waals surface area (Å²) in [6.07, 6.45) is 0.113. The lowest BCUT2D eigenvalue weighted by molar-refractivity contribution is 0.0979. The number of fused-ring (bicyclic) bond motifs is 1. The van der Waals surface area contributed by atoms with E-state index in [0.29, 0.717) is 17.1 Å². The van der Waals surface area contributed by atoms with E-state index in [0.717, 1.165) is 16.9 Å². The molecular formula is C19H17NO4. The van der Waals surface area contributed by atoms with Crippen LogP contribution in [0.3, 0.4) is 0 Å². The van der Waals surface area contributed by atoms with Gasteiger partial charge in [-0.3, -0.25) is 4.79 Å². The van der Waals surface area contributed by atoms with Crippen LogP contribution in [0.5, 0.6) is 17.2 Å². The first-order valence-corrected chi connectivity index (χ1v) is 7.59. The standard InChI is InChI=1S/C19H17NO4/c1-12-7-14(4-5-17(12)22-2)16(21)8-15(10-20)13-3-6-18-19(9-13)24-11-23-18/h3-7,9,15H,8,11H2,1-2H3. The van der Waals surface area contributed by atoms with Gasteiger partial charge in [-0.1, -0.05) is 6.07 Å². The Bertz CT molecular complexity index is 823. The summed E-state index contributed by atoms with van der Waals surface area (Å²) in [7, 11) is 1.59. The quantitative estimate of drug-likeness (QED) is 0.786. The lowest BCUT2D eigenvalue weighted by atomic mass is 9.92. The normalized spacial score (nSPS) is 13.2. The highest BCUT2D eigenvalue weighted by Crippen LogP contribution is 2.35. The first kappa shape index (κ1) is 15.9. The SMILES string of the molecule is COc1ccc(C(=O)CC(C#N)c2ccc3c(c2)OCO3)cc1C. The summed E-state index contributed by atoms with van der Waals surface area (Å²) in [6.45, 7) is 2.06. The predicted octanol–water partition coefficient (Wildman–Crippen LogP) is 3.61. The summed E-state index contributed by atoms with van der Waals surface area (Å²) >= 11 is 0. The van der Waals surface area contributed by atoms with Crippen LogP contribution in [0.25, 0.3) is 0 Å². The molecule has 122 valence electrons. The van der Waals surface area contributed by atoms with Crippen molar-refractivity contribution in [2.75, 3.05) is 13.9 Å². The molecule has 1 atom stereocenters. The van der Waals surface area contributed by atoms with Crippen molar-refractivity contribution in [2.45, 2.75) is 19.3 Å². The van der Waals surface area contributed by atoms with Crippen molar-refractivity contribution in [3.8, 4) is 23.3 Å². The monoisotopic (exact) mass is 323 g/mol. The van der Waals surface area contributed by atoms with Gasteiger partial charge in [-0.25, -0.2) is 0 Å². The summed E-state index contributed by atoms with van der Waals surface area (Å²) in [5.74, 6) is 1.39. The number of carbonyl (C=O) groups is 1. The Morgan fingerprint density at radius 1 is 1.25 bits per heavy atom. The second kappa shape index (κ2) is 6.63. The Morgan fingerprint density at radius 3 is 2.75 bits per heavy atom. The van der Waals surface area contributed by atoms with E-state index < -0.39 is 5.92 Å². The van der Waals surface area contributed by atoms with E-state index in [2.05, 4.69) is 6.07 Å². The molecule has 0 aliphatic carbocycles. The lowest BCUT2D eigenvalue weighted by Gasteiger charge is -2.11. The molecule has 2 aromatic rings. The fourth-order valence-corrected chi connectivity index (χ4v) is 2.72. The van der Waals surface area contributed by atoms with Gasteiger partial charge in [0.25, 0.3) is 0 Å². The van der Waals surface area contributed by atoms with Crippen LogP contribution >= 0.6 is 0 Å². The van der Waals surface area contributed by atoms with Gasteiger partial charge in [0.05, 0.1) is 19.1 Å². The Hall–Kier alpha value is -3.00. The molecule has 24 heavy (non-hydrogen) atoms. The van der Waals surface area contributed by atoms with Gasteiger partial charge in [-0.2, -0.15) is 5.26 Å². The molecule has 3 rings (SSSR count). The van der Waals surface area contributed by atoms with Gasteiger partial charge < -0.3 is 14.2 Å². The third-order valence-electron chi connectivity index (χ3n) is 4.06. The Morgan fingerprint density at radius 2 is 2.04 bits per heavy atom. The largest absolute Gasteiger partial charge is 0.496 e. The third kappa shape index (κ3) is 3.04. The highest BCUT2D eigenvalue weighted by molar-refractivity contribution is 5.97. The summed E-state index contributed by atoms with van der Waals surface area (Å²) < 4.78 is 15.8. The Labute approximate surface area is 140 Å². The number of benzene rings is 2. The first-order chi connectivity index (χ1) is 11.6.